The third-order valence-corrected chi connectivity index (χ3v) is 4.70. The molecule has 110 valence electrons. The zero-order valence-electron chi connectivity index (χ0n) is 13.1. The standard InChI is InChI=1S/C19H21N.BrH/c1-5-6-11-19(4)12-17-18(13(2)14(19)3)15-9-7-8-10-16(15)20-17;/h5-10,12H,11H2,1-4H3;1H. The van der Waals surface area contributed by atoms with Gasteiger partial charge in [-0.15, -0.1) is 17.0 Å². The molecule has 3 rings (SSSR count). The van der Waals surface area contributed by atoms with Crippen molar-refractivity contribution in [3.05, 3.63) is 69.9 Å². The maximum absolute atomic E-state index is 4.83. The molecule has 1 nitrogen and oxygen atoms in total. The van der Waals surface area contributed by atoms with E-state index in [0.717, 1.165) is 17.5 Å². The van der Waals surface area contributed by atoms with Crippen molar-refractivity contribution >= 4 is 22.6 Å². The van der Waals surface area contributed by atoms with Crippen molar-refractivity contribution in [1.29, 1.82) is 0 Å². The van der Waals surface area contributed by atoms with Gasteiger partial charge in [-0.1, -0.05) is 42.8 Å². The summed E-state index contributed by atoms with van der Waals surface area (Å²) >= 11 is 0. The van der Waals surface area contributed by atoms with Crippen molar-refractivity contribution in [3.63, 3.8) is 0 Å². The third-order valence-electron chi connectivity index (χ3n) is 4.70. The summed E-state index contributed by atoms with van der Waals surface area (Å²) < 4.78 is 0. The van der Waals surface area contributed by atoms with Gasteiger partial charge in [-0.25, -0.2) is 4.99 Å². The number of nitrogens with zero attached hydrogens (tertiary/aromatic N) is 1. The molecule has 1 aliphatic carbocycles. The zero-order valence-corrected chi connectivity index (χ0v) is 14.8. The van der Waals surface area contributed by atoms with Crippen LogP contribution in [0.25, 0.3) is 5.57 Å². The molecule has 0 fully saturated rings. The van der Waals surface area contributed by atoms with Gasteiger partial charge >= 0.3 is 0 Å². The molecule has 0 saturated carbocycles. The highest BCUT2D eigenvalue weighted by molar-refractivity contribution is 8.93. The topological polar surface area (TPSA) is 12.4 Å². The first-order chi connectivity index (χ1) is 9.57. The highest BCUT2D eigenvalue weighted by Gasteiger charge is 2.32. The minimum atomic E-state index is 0. The second kappa shape index (κ2) is 5.76. The molecule has 1 aromatic carbocycles. The van der Waals surface area contributed by atoms with E-state index in [1.54, 1.807) is 0 Å². The van der Waals surface area contributed by atoms with E-state index in [9.17, 15) is 0 Å². The second-order valence-electron chi connectivity index (χ2n) is 5.97. The maximum Gasteiger partial charge on any atom is 0.0716 e. The lowest BCUT2D eigenvalue weighted by atomic mass is 9.72. The summed E-state index contributed by atoms with van der Waals surface area (Å²) in [7, 11) is 0. The Morgan fingerprint density at radius 1 is 1.19 bits per heavy atom. The first kappa shape index (κ1) is 16.0. The second-order valence-corrected chi connectivity index (χ2v) is 5.97. The molecule has 1 aromatic rings. The first-order valence-corrected chi connectivity index (χ1v) is 7.27. The number of rotatable bonds is 2. The van der Waals surface area contributed by atoms with E-state index in [-0.39, 0.29) is 22.4 Å². The third kappa shape index (κ3) is 2.46. The van der Waals surface area contributed by atoms with Gasteiger partial charge in [0.05, 0.1) is 11.1 Å². The first-order valence-electron chi connectivity index (χ1n) is 7.27. The van der Waals surface area contributed by atoms with Gasteiger partial charge in [-0.3, -0.25) is 0 Å². The van der Waals surface area contributed by atoms with E-state index in [2.05, 4.69) is 70.2 Å². The highest BCUT2D eigenvalue weighted by atomic mass is 79.9. The van der Waals surface area contributed by atoms with Crippen molar-refractivity contribution in [1.82, 2.24) is 0 Å². The van der Waals surface area contributed by atoms with E-state index < -0.39 is 0 Å². The summed E-state index contributed by atoms with van der Waals surface area (Å²) in [6, 6.07) is 8.44. The van der Waals surface area contributed by atoms with Gasteiger partial charge in [0.1, 0.15) is 0 Å². The van der Waals surface area contributed by atoms with E-state index in [0.29, 0.717) is 0 Å². The fraction of sp³-hybridized carbons (Fsp3) is 0.316. The van der Waals surface area contributed by atoms with Crippen LogP contribution in [0.2, 0.25) is 0 Å². The number of para-hydroxylation sites is 1. The molecule has 0 spiro atoms. The molecular formula is C19H22BrN. The molecule has 2 heteroatoms. The summed E-state index contributed by atoms with van der Waals surface area (Å²) in [5.74, 6) is 0. The smallest absolute Gasteiger partial charge is 0.0716 e. The van der Waals surface area contributed by atoms with E-state index in [4.69, 9.17) is 4.99 Å². The van der Waals surface area contributed by atoms with E-state index >= 15 is 0 Å². The van der Waals surface area contributed by atoms with Crippen LogP contribution in [-0.4, -0.2) is 0 Å². The molecule has 1 unspecified atom stereocenters. The maximum atomic E-state index is 4.83. The molecule has 1 atom stereocenters. The quantitative estimate of drug-likeness (QED) is 0.711. The molecular weight excluding hydrogens is 322 g/mol. The lowest BCUT2D eigenvalue weighted by Crippen LogP contribution is -2.25. The van der Waals surface area contributed by atoms with Crippen molar-refractivity contribution < 1.29 is 0 Å². The molecule has 21 heavy (non-hydrogen) atoms. The number of allylic oxidation sites excluding steroid dienone is 5. The van der Waals surface area contributed by atoms with Crippen LogP contribution >= 0.6 is 17.0 Å². The number of benzene rings is 1. The Kier molecular flexibility index (Phi) is 4.38. The largest absolute Gasteiger partial charge is 0.248 e. The van der Waals surface area contributed by atoms with Crippen LogP contribution in [0.3, 0.4) is 0 Å². The number of fused-ring (bicyclic) bond motifs is 2. The van der Waals surface area contributed by atoms with Crippen LogP contribution in [0, 0.1) is 5.41 Å². The zero-order chi connectivity index (χ0) is 14.3. The van der Waals surface area contributed by atoms with Crippen LogP contribution in [0.4, 0.5) is 0 Å². The Labute approximate surface area is 137 Å². The Morgan fingerprint density at radius 2 is 1.90 bits per heavy atom. The number of hydrogen-bond acceptors (Lipinski definition) is 1. The SMILES string of the molecule is Br.CC=CCC1(C)C=C2N=c3ccccc3=C2C(C)=C1C. The molecule has 0 bridgehead atoms. The molecule has 0 saturated heterocycles. The Balaban J connectivity index is 0.00000161. The van der Waals surface area contributed by atoms with Crippen LogP contribution in [-0.2, 0) is 0 Å². The summed E-state index contributed by atoms with van der Waals surface area (Å²) in [5, 5.41) is 2.39. The van der Waals surface area contributed by atoms with Crippen LogP contribution < -0.4 is 10.6 Å². The van der Waals surface area contributed by atoms with Crippen LogP contribution in [0.5, 0.6) is 0 Å². The molecule has 1 aliphatic heterocycles. The molecule has 0 amide bonds. The fourth-order valence-electron chi connectivity index (χ4n) is 3.21. The van der Waals surface area contributed by atoms with Crippen LogP contribution in [0.1, 0.15) is 34.1 Å². The predicted molar refractivity (Wildman–Crippen MR) is 94.9 cm³/mol. The molecule has 0 N–H and O–H groups in total. The summed E-state index contributed by atoms with van der Waals surface area (Å²) in [6.45, 7) is 8.90. The summed E-state index contributed by atoms with van der Waals surface area (Å²) in [6.07, 6.45) is 7.77. The van der Waals surface area contributed by atoms with Gasteiger partial charge in [0.25, 0.3) is 0 Å². The van der Waals surface area contributed by atoms with Crippen molar-refractivity contribution in [2.75, 3.05) is 0 Å². The van der Waals surface area contributed by atoms with Crippen molar-refractivity contribution in [3.8, 4) is 0 Å². The Hall–Kier alpha value is -1.41. The van der Waals surface area contributed by atoms with E-state index in [1.807, 2.05) is 0 Å². The molecule has 1 heterocycles. The Bertz CT molecular complexity index is 780. The van der Waals surface area contributed by atoms with Gasteiger partial charge in [0.15, 0.2) is 0 Å². The minimum absolute atomic E-state index is 0. The Morgan fingerprint density at radius 3 is 2.62 bits per heavy atom. The molecule has 2 aliphatic rings. The van der Waals surface area contributed by atoms with Crippen molar-refractivity contribution in [2.24, 2.45) is 10.4 Å². The van der Waals surface area contributed by atoms with Gasteiger partial charge in [0.2, 0.25) is 0 Å². The number of hydrogen-bond donors (Lipinski definition) is 0. The molecule has 0 aromatic heterocycles. The van der Waals surface area contributed by atoms with Gasteiger partial charge in [0, 0.05) is 16.2 Å². The lowest BCUT2D eigenvalue weighted by Gasteiger charge is -2.33. The van der Waals surface area contributed by atoms with Gasteiger partial charge < -0.3 is 0 Å². The fourth-order valence-corrected chi connectivity index (χ4v) is 3.21. The van der Waals surface area contributed by atoms with Crippen LogP contribution in [0.15, 0.2) is 64.3 Å². The molecule has 0 radical (unpaired) electrons. The predicted octanol–water partition coefficient (Wildman–Crippen LogP) is 4.25. The average Bonchev–Trinajstić information content (AvgIpc) is 2.80. The summed E-state index contributed by atoms with van der Waals surface area (Å²) in [4.78, 5) is 4.83. The number of halogens is 1. The van der Waals surface area contributed by atoms with Gasteiger partial charge in [-0.05, 0) is 44.9 Å². The normalized spacial score (nSPS) is 23.4. The highest BCUT2D eigenvalue weighted by Crippen LogP contribution is 2.44. The van der Waals surface area contributed by atoms with Gasteiger partial charge in [-0.2, -0.15) is 0 Å². The summed E-state index contributed by atoms with van der Waals surface area (Å²) in [5.41, 5.74) is 5.42. The van der Waals surface area contributed by atoms with E-state index in [1.165, 1.54) is 21.9 Å². The lowest BCUT2D eigenvalue weighted by molar-refractivity contribution is 0.511. The minimum Gasteiger partial charge on any atom is -0.248 e. The monoisotopic (exact) mass is 343 g/mol. The van der Waals surface area contributed by atoms with Crippen molar-refractivity contribution in [2.45, 2.75) is 34.1 Å². The average molecular weight is 344 g/mol.